The van der Waals surface area contributed by atoms with Crippen LogP contribution in [0.15, 0.2) is 48.2 Å². The molecular formula is C22H23N3O4. The molecule has 7 heteroatoms. The number of rotatable bonds is 6. The lowest BCUT2D eigenvalue weighted by atomic mass is 10.0. The summed E-state index contributed by atoms with van der Waals surface area (Å²) < 4.78 is 10.0. The van der Waals surface area contributed by atoms with Crippen molar-refractivity contribution in [1.29, 1.82) is 0 Å². The van der Waals surface area contributed by atoms with Crippen LogP contribution < -0.4 is 5.32 Å². The van der Waals surface area contributed by atoms with Gasteiger partial charge in [-0.3, -0.25) is 10.4 Å². The van der Waals surface area contributed by atoms with E-state index in [1.807, 2.05) is 56.3 Å². The lowest BCUT2D eigenvalue weighted by molar-refractivity contribution is -0.136. The standard InChI is InChI=1S/C22H23N3O4/c1-4-17-10-16(11-18-14(2)24-25-20(17)18)12-19(21(26)28-3)23-22(27)29-13-15-8-6-5-7-9-15/h5-12H,4,13H2,1-3H3,(H,23,27)(H,24,25)/b19-12+. The Kier molecular flexibility index (Phi) is 6.29. The molecular weight excluding hydrogens is 370 g/mol. The Bertz CT molecular complexity index is 1050. The maximum atomic E-state index is 12.2. The Hall–Kier alpha value is -3.61. The predicted molar refractivity (Wildman–Crippen MR) is 110 cm³/mol. The van der Waals surface area contributed by atoms with Crippen molar-refractivity contribution in [3.63, 3.8) is 0 Å². The highest BCUT2D eigenvalue weighted by Crippen LogP contribution is 2.23. The first-order valence-corrected chi connectivity index (χ1v) is 9.27. The minimum absolute atomic E-state index is 0.00638. The molecule has 0 saturated carbocycles. The Balaban J connectivity index is 1.83. The van der Waals surface area contributed by atoms with Crippen molar-refractivity contribution < 1.29 is 19.1 Å². The van der Waals surface area contributed by atoms with E-state index < -0.39 is 12.1 Å². The fourth-order valence-electron chi connectivity index (χ4n) is 3.00. The maximum Gasteiger partial charge on any atom is 0.412 e. The average Bonchev–Trinajstić information content (AvgIpc) is 3.12. The van der Waals surface area contributed by atoms with E-state index in [9.17, 15) is 9.59 Å². The lowest BCUT2D eigenvalue weighted by Gasteiger charge is -2.10. The van der Waals surface area contributed by atoms with E-state index in [4.69, 9.17) is 9.47 Å². The zero-order valence-corrected chi connectivity index (χ0v) is 16.6. The van der Waals surface area contributed by atoms with Gasteiger partial charge in [-0.2, -0.15) is 5.10 Å². The molecule has 2 aromatic carbocycles. The average molecular weight is 393 g/mol. The van der Waals surface area contributed by atoms with Crippen LogP contribution in [0.1, 0.15) is 29.3 Å². The number of alkyl carbamates (subject to hydrolysis) is 1. The molecule has 0 fully saturated rings. The summed E-state index contributed by atoms with van der Waals surface area (Å²) in [6.07, 6.45) is 1.63. The Morgan fingerprint density at radius 2 is 1.97 bits per heavy atom. The number of aromatic nitrogens is 2. The van der Waals surface area contributed by atoms with Gasteiger partial charge in [0.05, 0.1) is 18.3 Å². The summed E-state index contributed by atoms with van der Waals surface area (Å²) in [5, 5.41) is 10.7. The van der Waals surface area contributed by atoms with Crippen LogP contribution in [-0.4, -0.2) is 29.4 Å². The molecule has 0 saturated heterocycles. The number of ether oxygens (including phenoxy) is 2. The van der Waals surface area contributed by atoms with Gasteiger partial charge in [-0.25, -0.2) is 9.59 Å². The number of nitrogens with one attached hydrogen (secondary N) is 2. The smallest absolute Gasteiger partial charge is 0.412 e. The summed E-state index contributed by atoms with van der Waals surface area (Å²) in [5.74, 6) is -0.663. The minimum Gasteiger partial charge on any atom is -0.464 e. The number of hydrogen-bond donors (Lipinski definition) is 2. The van der Waals surface area contributed by atoms with Gasteiger partial charge < -0.3 is 9.47 Å². The largest absolute Gasteiger partial charge is 0.464 e. The molecule has 150 valence electrons. The fourth-order valence-corrected chi connectivity index (χ4v) is 3.00. The van der Waals surface area contributed by atoms with Crippen LogP contribution >= 0.6 is 0 Å². The van der Waals surface area contributed by atoms with Crippen LogP contribution in [0.2, 0.25) is 0 Å². The molecule has 1 aromatic heterocycles. The minimum atomic E-state index is -0.734. The monoisotopic (exact) mass is 393 g/mol. The van der Waals surface area contributed by atoms with Gasteiger partial charge in [0.15, 0.2) is 0 Å². The van der Waals surface area contributed by atoms with Crippen molar-refractivity contribution in [3.05, 3.63) is 70.5 Å². The fraction of sp³-hybridized carbons (Fsp3) is 0.227. The first-order valence-electron chi connectivity index (χ1n) is 9.27. The molecule has 0 aliphatic heterocycles. The second-order valence-corrected chi connectivity index (χ2v) is 6.50. The molecule has 0 radical (unpaired) electrons. The molecule has 0 bridgehead atoms. The zero-order valence-electron chi connectivity index (χ0n) is 16.6. The first-order chi connectivity index (χ1) is 14.0. The highest BCUT2D eigenvalue weighted by atomic mass is 16.6. The van der Waals surface area contributed by atoms with Gasteiger partial charge in [-0.15, -0.1) is 0 Å². The van der Waals surface area contributed by atoms with Gasteiger partial charge in [0.25, 0.3) is 0 Å². The Labute approximate surface area is 168 Å². The number of H-pyrrole nitrogens is 1. The van der Waals surface area contributed by atoms with E-state index in [0.717, 1.165) is 39.7 Å². The van der Waals surface area contributed by atoms with Gasteiger partial charge in [-0.05, 0) is 48.2 Å². The molecule has 0 spiro atoms. The van der Waals surface area contributed by atoms with Crippen LogP contribution in [0.3, 0.4) is 0 Å². The molecule has 2 N–H and O–H groups in total. The van der Waals surface area contributed by atoms with E-state index in [0.29, 0.717) is 0 Å². The Morgan fingerprint density at radius 3 is 2.66 bits per heavy atom. The molecule has 29 heavy (non-hydrogen) atoms. The molecule has 1 heterocycles. The lowest BCUT2D eigenvalue weighted by Crippen LogP contribution is -2.28. The first kappa shape index (κ1) is 20.1. The number of aromatic amines is 1. The third kappa shape index (κ3) is 4.82. The molecule has 0 unspecified atom stereocenters. The van der Waals surface area contributed by atoms with E-state index in [1.165, 1.54) is 7.11 Å². The summed E-state index contributed by atoms with van der Waals surface area (Å²) in [4.78, 5) is 24.4. The number of benzene rings is 2. The number of amides is 1. The van der Waals surface area contributed by atoms with Crippen molar-refractivity contribution in [1.82, 2.24) is 15.5 Å². The Morgan fingerprint density at radius 1 is 1.21 bits per heavy atom. The highest BCUT2D eigenvalue weighted by molar-refractivity contribution is 5.97. The predicted octanol–water partition coefficient (Wildman–Crippen LogP) is 3.87. The number of esters is 1. The summed E-state index contributed by atoms with van der Waals surface area (Å²) in [6.45, 7) is 4.05. The molecule has 0 aliphatic carbocycles. The molecule has 0 atom stereocenters. The number of fused-ring (bicyclic) bond motifs is 1. The number of aryl methyl sites for hydroxylation is 2. The van der Waals surface area contributed by atoms with Crippen LogP contribution in [0, 0.1) is 6.92 Å². The number of carbonyl (C=O) groups excluding carboxylic acids is 2. The van der Waals surface area contributed by atoms with E-state index in [-0.39, 0.29) is 12.3 Å². The van der Waals surface area contributed by atoms with Crippen molar-refractivity contribution in [2.24, 2.45) is 0 Å². The third-order valence-corrected chi connectivity index (χ3v) is 4.51. The summed E-state index contributed by atoms with van der Waals surface area (Å²) in [6, 6.07) is 13.1. The van der Waals surface area contributed by atoms with Crippen molar-refractivity contribution >= 4 is 29.0 Å². The third-order valence-electron chi connectivity index (χ3n) is 4.51. The second-order valence-electron chi connectivity index (χ2n) is 6.50. The van der Waals surface area contributed by atoms with Crippen LogP contribution in [-0.2, 0) is 27.3 Å². The van der Waals surface area contributed by atoms with Crippen LogP contribution in [0.25, 0.3) is 17.0 Å². The van der Waals surface area contributed by atoms with E-state index in [1.54, 1.807) is 6.08 Å². The summed E-state index contributed by atoms with van der Waals surface area (Å²) in [7, 11) is 1.26. The summed E-state index contributed by atoms with van der Waals surface area (Å²) >= 11 is 0. The van der Waals surface area contributed by atoms with Crippen LogP contribution in [0.5, 0.6) is 0 Å². The van der Waals surface area contributed by atoms with Gasteiger partial charge in [0.2, 0.25) is 0 Å². The topological polar surface area (TPSA) is 93.3 Å². The van der Waals surface area contributed by atoms with Gasteiger partial charge in [0.1, 0.15) is 12.3 Å². The normalized spacial score (nSPS) is 11.3. The van der Waals surface area contributed by atoms with Crippen molar-refractivity contribution in [2.45, 2.75) is 26.9 Å². The van der Waals surface area contributed by atoms with Crippen molar-refractivity contribution in [3.8, 4) is 0 Å². The highest BCUT2D eigenvalue weighted by Gasteiger charge is 2.16. The quantitative estimate of drug-likeness (QED) is 0.490. The number of methoxy groups -OCH3 is 1. The van der Waals surface area contributed by atoms with Crippen LogP contribution in [0.4, 0.5) is 4.79 Å². The molecule has 3 aromatic rings. The van der Waals surface area contributed by atoms with Gasteiger partial charge >= 0.3 is 12.1 Å². The van der Waals surface area contributed by atoms with Gasteiger partial charge in [-0.1, -0.05) is 37.3 Å². The number of nitrogens with zero attached hydrogens (tertiary/aromatic N) is 1. The zero-order chi connectivity index (χ0) is 20.8. The maximum absolute atomic E-state index is 12.2. The summed E-state index contributed by atoms with van der Waals surface area (Å²) in [5.41, 5.74) is 4.48. The SMILES string of the molecule is CCc1cc(/C=C(/NC(=O)OCc2ccccc2)C(=O)OC)cc2c(C)n[nH]c12. The molecule has 3 rings (SSSR count). The molecule has 7 nitrogen and oxygen atoms in total. The van der Waals surface area contributed by atoms with E-state index >= 15 is 0 Å². The van der Waals surface area contributed by atoms with E-state index in [2.05, 4.69) is 15.5 Å². The molecule has 0 aliphatic rings. The number of carbonyl (C=O) groups is 2. The molecule has 1 amide bonds. The van der Waals surface area contributed by atoms with Gasteiger partial charge in [0, 0.05) is 5.39 Å². The number of hydrogen-bond acceptors (Lipinski definition) is 5. The van der Waals surface area contributed by atoms with Crippen molar-refractivity contribution in [2.75, 3.05) is 7.11 Å². The second kappa shape index (κ2) is 9.05.